The van der Waals surface area contributed by atoms with Gasteiger partial charge in [0.15, 0.2) is 17.5 Å². The Hall–Kier alpha value is -2.09. The van der Waals surface area contributed by atoms with Crippen LogP contribution in [0.4, 0.5) is 5.69 Å². The highest BCUT2D eigenvalue weighted by atomic mass is 127. The Labute approximate surface area is 205 Å². The van der Waals surface area contributed by atoms with Gasteiger partial charge in [0, 0.05) is 24.9 Å². The van der Waals surface area contributed by atoms with E-state index in [1.165, 1.54) is 0 Å². The lowest BCUT2D eigenvalue weighted by Gasteiger charge is -2.12. The summed E-state index contributed by atoms with van der Waals surface area (Å²) in [6, 6.07) is 11.9. The number of methoxy groups -OCH3 is 2. The third kappa shape index (κ3) is 7.22. The van der Waals surface area contributed by atoms with Gasteiger partial charge < -0.3 is 25.3 Å². The van der Waals surface area contributed by atoms with Crippen molar-refractivity contribution in [2.45, 2.75) is 30.4 Å². The number of guanidine groups is 1. The number of ether oxygens (including phenoxy) is 3. The molecule has 0 amide bonds. The van der Waals surface area contributed by atoms with E-state index in [0.717, 1.165) is 18.4 Å². The quantitative estimate of drug-likeness (QED) is 0.238. The minimum Gasteiger partial charge on any atom is -0.493 e. The molecule has 0 radical (unpaired) electrons. The molecule has 176 valence electrons. The molecule has 4 N–H and O–H groups in total. The molecule has 1 unspecified atom stereocenters. The standard InChI is InChI=1S/C21H28N4O5S.HI/c1-28-19-10-7-16(12-20(19)29-2)25-21(22)23-13-15-5-8-18(9-6-15)31(26,27)24-14-17-4-3-11-30-17;/h5-10,12,17,24H,3-4,11,13-14H2,1-2H3,(H3,22,23,25);1H. The summed E-state index contributed by atoms with van der Waals surface area (Å²) in [5.74, 6) is 1.41. The van der Waals surface area contributed by atoms with E-state index in [9.17, 15) is 8.42 Å². The molecule has 2 aromatic rings. The van der Waals surface area contributed by atoms with Crippen molar-refractivity contribution in [1.82, 2.24) is 4.72 Å². The van der Waals surface area contributed by atoms with Crippen molar-refractivity contribution in [1.29, 1.82) is 0 Å². The molecular formula is C21H29IN4O5S. The van der Waals surface area contributed by atoms with E-state index in [2.05, 4.69) is 15.0 Å². The Bertz CT molecular complexity index is 1010. The average Bonchev–Trinajstić information content (AvgIpc) is 3.30. The van der Waals surface area contributed by atoms with Gasteiger partial charge in [-0.3, -0.25) is 0 Å². The molecule has 0 aliphatic carbocycles. The molecule has 0 bridgehead atoms. The van der Waals surface area contributed by atoms with Crippen molar-refractivity contribution in [3.8, 4) is 11.5 Å². The van der Waals surface area contributed by atoms with Crippen LogP contribution in [0.15, 0.2) is 52.4 Å². The topological polar surface area (TPSA) is 124 Å². The molecule has 9 nitrogen and oxygen atoms in total. The molecule has 0 saturated carbocycles. The maximum atomic E-state index is 12.4. The van der Waals surface area contributed by atoms with Crippen molar-refractivity contribution < 1.29 is 22.6 Å². The fraction of sp³-hybridized carbons (Fsp3) is 0.381. The first kappa shape index (κ1) is 26.2. The van der Waals surface area contributed by atoms with Crippen molar-refractivity contribution in [2.24, 2.45) is 10.7 Å². The molecule has 1 aliphatic heterocycles. The summed E-state index contributed by atoms with van der Waals surface area (Å²) < 4.78 is 43.4. The van der Waals surface area contributed by atoms with E-state index < -0.39 is 10.0 Å². The first-order valence-electron chi connectivity index (χ1n) is 9.90. The van der Waals surface area contributed by atoms with Crippen molar-refractivity contribution in [3.05, 3.63) is 48.0 Å². The van der Waals surface area contributed by atoms with Crippen molar-refractivity contribution in [2.75, 3.05) is 32.7 Å². The highest BCUT2D eigenvalue weighted by Gasteiger charge is 2.20. The maximum absolute atomic E-state index is 12.4. The predicted molar refractivity (Wildman–Crippen MR) is 135 cm³/mol. The normalized spacial score (nSPS) is 16.3. The molecule has 0 spiro atoms. The summed E-state index contributed by atoms with van der Waals surface area (Å²) in [7, 11) is -0.450. The summed E-state index contributed by atoms with van der Waals surface area (Å²) >= 11 is 0. The number of hydrogen-bond donors (Lipinski definition) is 3. The molecule has 11 heteroatoms. The second-order valence-corrected chi connectivity index (χ2v) is 8.79. The highest BCUT2D eigenvalue weighted by Crippen LogP contribution is 2.29. The smallest absolute Gasteiger partial charge is 0.240 e. The van der Waals surface area contributed by atoms with Gasteiger partial charge >= 0.3 is 0 Å². The third-order valence-corrected chi connectivity index (χ3v) is 6.29. The van der Waals surface area contributed by atoms with E-state index in [1.54, 1.807) is 56.7 Å². The van der Waals surface area contributed by atoms with E-state index in [0.29, 0.717) is 30.3 Å². The van der Waals surface area contributed by atoms with Gasteiger partial charge in [-0.1, -0.05) is 12.1 Å². The summed E-state index contributed by atoms with van der Waals surface area (Å²) in [5.41, 5.74) is 7.50. The molecule has 0 aromatic heterocycles. The zero-order chi connectivity index (χ0) is 22.3. The minimum absolute atomic E-state index is 0. The number of nitrogens with one attached hydrogen (secondary N) is 2. The molecule has 1 saturated heterocycles. The zero-order valence-electron chi connectivity index (χ0n) is 18.0. The predicted octanol–water partition coefficient (Wildman–Crippen LogP) is 2.71. The Kier molecular flexibility index (Phi) is 10.0. The van der Waals surface area contributed by atoms with Crippen LogP contribution in [0.25, 0.3) is 0 Å². The van der Waals surface area contributed by atoms with Gasteiger partial charge in [0.2, 0.25) is 10.0 Å². The van der Waals surface area contributed by atoms with Crippen LogP contribution in [-0.4, -0.2) is 47.9 Å². The summed E-state index contributed by atoms with van der Waals surface area (Å²) in [5, 5.41) is 2.99. The molecule has 32 heavy (non-hydrogen) atoms. The molecule has 1 aliphatic rings. The van der Waals surface area contributed by atoms with Crippen LogP contribution in [0.2, 0.25) is 0 Å². The fourth-order valence-corrected chi connectivity index (χ4v) is 4.21. The van der Waals surface area contributed by atoms with Gasteiger partial charge in [0.1, 0.15) is 0 Å². The summed E-state index contributed by atoms with van der Waals surface area (Å²) in [4.78, 5) is 4.50. The SMILES string of the molecule is COc1ccc(NC(N)=NCc2ccc(S(=O)(=O)NCC3CCCO3)cc2)cc1OC.I. The summed E-state index contributed by atoms with van der Waals surface area (Å²) in [6.07, 6.45) is 1.79. The first-order chi connectivity index (χ1) is 14.9. The highest BCUT2D eigenvalue weighted by molar-refractivity contribution is 14.0. The monoisotopic (exact) mass is 576 g/mol. The first-order valence-corrected chi connectivity index (χ1v) is 11.4. The van der Waals surface area contributed by atoms with E-state index in [-0.39, 0.29) is 47.5 Å². The number of nitrogens with zero attached hydrogens (tertiary/aromatic N) is 1. The van der Waals surface area contributed by atoms with E-state index >= 15 is 0 Å². The van der Waals surface area contributed by atoms with E-state index in [4.69, 9.17) is 19.9 Å². The van der Waals surface area contributed by atoms with Crippen LogP contribution < -0.4 is 25.2 Å². The number of rotatable bonds is 9. The van der Waals surface area contributed by atoms with Gasteiger partial charge in [-0.2, -0.15) is 0 Å². The van der Waals surface area contributed by atoms with Gasteiger partial charge in [-0.15, -0.1) is 24.0 Å². The summed E-state index contributed by atoms with van der Waals surface area (Å²) in [6.45, 7) is 1.27. The second-order valence-electron chi connectivity index (χ2n) is 7.03. The lowest BCUT2D eigenvalue weighted by atomic mass is 10.2. The zero-order valence-corrected chi connectivity index (χ0v) is 21.2. The Morgan fingerprint density at radius 1 is 1.16 bits per heavy atom. The number of halogens is 1. The van der Waals surface area contributed by atoms with Crippen LogP contribution in [0.3, 0.4) is 0 Å². The van der Waals surface area contributed by atoms with Crippen LogP contribution in [0, 0.1) is 0 Å². The average molecular weight is 576 g/mol. The second kappa shape index (κ2) is 12.2. The molecule has 1 fully saturated rings. The lowest BCUT2D eigenvalue weighted by molar-refractivity contribution is 0.114. The molecule has 1 atom stereocenters. The minimum atomic E-state index is -3.57. The van der Waals surface area contributed by atoms with Crippen molar-refractivity contribution >= 4 is 45.6 Å². The van der Waals surface area contributed by atoms with Gasteiger partial charge in [0.25, 0.3) is 0 Å². The number of anilines is 1. The third-order valence-electron chi connectivity index (χ3n) is 4.85. The fourth-order valence-electron chi connectivity index (χ4n) is 3.14. The van der Waals surface area contributed by atoms with Crippen LogP contribution >= 0.6 is 24.0 Å². The maximum Gasteiger partial charge on any atom is 0.240 e. The lowest BCUT2D eigenvalue weighted by Crippen LogP contribution is -2.31. The van der Waals surface area contributed by atoms with Crippen molar-refractivity contribution in [3.63, 3.8) is 0 Å². The number of nitrogens with two attached hydrogens (primary N) is 1. The number of aliphatic imine (C=N–C) groups is 1. The molecular weight excluding hydrogens is 547 g/mol. The van der Waals surface area contributed by atoms with Crippen LogP contribution in [-0.2, 0) is 21.3 Å². The Balaban J connectivity index is 0.00000363. The largest absolute Gasteiger partial charge is 0.493 e. The van der Waals surface area contributed by atoms with E-state index in [1.807, 2.05) is 0 Å². The van der Waals surface area contributed by atoms with Gasteiger partial charge in [-0.05, 0) is 42.7 Å². The van der Waals surface area contributed by atoms with Gasteiger partial charge in [-0.25, -0.2) is 18.1 Å². The van der Waals surface area contributed by atoms with Gasteiger partial charge in [0.05, 0.1) is 31.8 Å². The molecule has 3 rings (SSSR count). The Morgan fingerprint density at radius 3 is 2.50 bits per heavy atom. The number of hydrogen-bond acceptors (Lipinski definition) is 6. The molecule has 1 heterocycles. The number of sulfonamides is 1. The van der Waals surface area contributed by atoms with Crippen LogP contribution in [0.5, 0.6) is 11.5 Å². The Morgan fingerprint density at radius 2 is 1.88 bits per heavy atom. The van der Waals surface area contributed by atoms with Crippen LogP contribution in [0.1, 0.15) is 18.4 Å². The molecule has 2 aromatic carbocycles. The number of benzene rings is 2.